The molecule has 6 heteroatoms. The Labute approximate surface area is 126 Å². The van der Waals surface area contributed by atoms with Gasteiger partial charge in [0.25, 0.3) is 0 Å². The second-order valence-corrected chi connectivity index (χ2v) is 7.88. The molecule has 0 radical (unpaired) electrons. The number of sulfonamides is 1. The summed E-state index contributed by atoms with van der Waals surface area (Å²) < 4.78 is 24.7. The van der Waals surface area contributed by atoms with Crippen LogP contribution in [0.3, 0.4) is 0 Å². The van der Waals surface area contributed by atoms with Crippen molar-refractivity contribution in [2.75, 3.05) is 19.3 Å². The number of carbonyl (C=O) groups excluding carboxylic acids is 1. The van der Waals surface area contributed by atoms with Crippen LogP contribution in [-0.4, -0.2) is 42.8 Å². The van der Waals surface area contributed by atoms with Gasteiger partial charge >= 0.3 is 0 Å². The first kappa shape index (κ1) is 16.1. The van der Waals surface area contributed by atoms with Crippen molar-refractivity contribution in [3.63, 3.8) is 0 Å². The number of aryl methyl sites for hydroxylation is 2. The molecule has 1 aliphatic rings. The number of hydrogen-bond acceptors (Lipinski definition) is 4. The summed E-state index contributed by atoms with van der Waals surface area (Å²) in [4.78, 5) is 16.6. The van der Waals surface area contributed by atoms with Gasteiger partial charge < -0.3 is 0 Å². The maximum atomic E-state index is 12.4. The smallest absolute Gasteiger partial charge is 0.211 e. The number of rotatable bonds is 4. The Bertz CT molecular complexity index is 620. The second kappa shape index (κ2) is 6.23. The lowest BCUT2D eigenvalue weighted by Crippen LogP contribution is -2.39. The van der Waals surface area contributed by atoms with E-state index in [9.17, 15) is 13.2 Å². The highest BCUT2D eigenvalue weighted by molar-refractivity contribution is 7.88. The molecule has 0 bridgehead atoms. The Balaban J connectivity index is 2.05. The predicted octanol–water partition coefficient (Wildman–Crippen LogP) is 1.94. The SMILES string of the molecule is Cc1cc(C(=O)CC2CCCN(S(C)(=O)=O)C2)cc(C)n1. The molecule has 0 N–H and O–H groups in total. The van der Waals surface area contributed by atoms with E-state index in [-0.39, 0.29) is 11.7 Å². The Hall–Kier alpha value is -1.27. The van der Waals surface area contributed by atoms with E-state index in [0.29, 0.717) is 25.1 Å². The number of piperidine rings is 1. The lowest BCUT2D eigenvalue weighted by atomic mass is 9.92. The van der Waals surface area contributed by atoms with Crippen LogP contribution in [0.4, 0.5) is 0 Å². The molecule has 0 amide bonds. The Morgan fingerprint density at radius 3 is 2.52 bits per heavy atom. The van der Waals surface area contributed by atoms with Crippen LogP contribution in [-0.2, 0) is 10.0 Å². The minimum absolute atomic E-state index is 0.0731. The monoisotopic (exact) mass is 310 g/mol. The average Bonchev–Trinajstić information content (AvgIpc) is 2.37. The van der Waals surface area contributed by atoms with Gasteiger partial charge in [0.1, 0.15) is 0 Å². The topological polar surface area (TPSA) is 67.3 Å². The highest BCUT2D eigenvalue weighted by Gasteiger charge is 2.27. The zero-order valence-corrected chi connectivity index (χ0v) is 13.6. The van der Waals surface area contributed by atoms with Crippen molar-refractivity contribution in [3.05, 3.63) is 29.1 Å². The van der Waals surface area contributed by atoms with Crippen LogP contribution in [0, 0.1) is 19.8 Å². The van der Waals surface area contributed by atoms with Gasteiger partial charge in [-0.2, -0.15) is 0 Å². The van der Waals surface area contributed by atoms with Gasteiger partial charge in [-0.3, -0.25) is 9.78 Å². The van der Waals surface area contributed by atoms with Gasteiger partial charge in [-0.1, -0.05) is 0 Å². The fraction of sp³-hybridized carbons (Fsp3) is 0.600. The van der Waals surface area contributed by atoms with E-state index in [0.717, 1.165) is 24.2 Å². The summed E-state index contributed by atoms with van der Waals surface area (Å²) in [5.74, 6) is 0.179. The van der Waals surface area contributed by atoms with E-state index in [2.05, 4.69) is 4.98 Å². The standard InChI is InChI=1S/C15H22N2O3S/c1-11-7-14(8-12(2)16-11)15(18)9-13-5-4-6-17(10-13)21(3,19)20/h7-8,13H,4-6,9-10H2,1-3H3. The van der Waals surface area contributed by atoms with Gasteiger partial charge in [-0.15, -0.1) is 0 Å². The third-order valence-corrected chi connectivity index (χ3v) is 5.10. The van der Waals surface area contributed by atoms with Crippen LogP contribution < -0.4 is 0 Å². The van der Waals surface area contributed by atoms with Gasteiger partial charge in [0.15, 0.2) is 5.78 Å². The van der Waals surface area contributed by atoms with Gasteiger partial charge in [-0.05, 0) is 44.7 Å². The van der Waals surface area contributed by atoms with Crippen molar-refractivity contribution >= 4 is 15.8 Å². The van der Waals surface area contributed by atoms with E-state index in [4.69, 9.17) is 0 Å². The molecule has 0 saturated carbocycles. The number of hydrogen-bond donors (Lipinski definition) is 0. The normalized spacial score (nSPS) is 20.4. The molecular formula is C15H22N2O3S. The Kier molecular flexibility index (Phi) is 4.78. The van der Waals surface area contributed by atoms with Crippen LogP contribution >= 0.6 is 0 Å². The van der Waals surface area contributed by atoms with Gasteiger partial charge in [-0.25, -0.2) is 12.7 Å². The van der Waals surface area contributed by atoms with Crippen molar-refractivity contribution in [2.45, 2.75) is 33.1 Å². The predicted molar refractivity (Wildman–Crippen MR) is 81.8 cm³/mol. The van der Waals surface area contributed by atoms with Crippen LogP contribution in [0.15, 0.2) is 12.1 Å². The molecule has 1 fully saturated rings. The van der Waals surface area contributed by atoms with Gasteiger partial charge in [0.2, 0.25) is 10.0 Å². The van der Waals surface area contributed by atoms with Crippen LogP contribution in [0.5, 0.6) is 0 Å². The van der Waals surface area contributed by atoms with Crippen LogP contribution in [0.2, 0.25) is 0 Å². The number of Topliss-reactive ketones (excluding diaryl/α,β-unsaturated/α-hetero) is 1. The fourth-order valence-corrected chi connectivity index (χ4v) is 3.81. The lowest BCUT2D eigenvalue weighted by Gasteiger charge is -2.30. The quantitative estimate of drug-likeness (QED) is 0.797. The summed E-state index contributed by atoms with van der Waals surface area (Å²) in [6.07, 6.45) is 3.35. The molecule has 1 atom stereocenters. The number of ketones is 1. The summed E-state index contributed by atoms with van der Waals surface area (Å²) in [5.41, 5.74) is 2.34. The summed E-state index contributed by atoms with van der Waals surface area (Å²) in [6.45, 7) is 4.76. The average molecular weight is 310 g/mol. The lowest BCUT2D eigenvalue weighted by molar-refractivity contribution is 0.0942. The molecule has 1 unspecified atom stereocenters. The van der Waals surface area contributed by atoms with Gasteiger partial charge in [0.05, 0.1) is 6.26 Å². The third-order valence-electron chi connectivity index (χ3n) is 3.83. The molecule has 1 aliphatic heterocycles. The maximum Gasteiger partial charge on any atom is 0.211 e. The molecule has 0 aliphatic carbocycles. The zero-order chi connectivity index (χ0) is 15.6. The maximum absolute atomic E-state index is 12.4. The zero-order valence-electron chi connectivity index (χ0n) is 12.8. The highest BCUT2D eigenvalue weighted by Crippen LogP contribution is 2.23. The molecule has 21 heavy (non-hydrogen) atoms. The highest BCUT2D eigenvalue weighted by atomic mass is 32.2. The minimum Gasteiger partial charge on any atom is -0.294 e. The van der Waals surface area contributed by atoms with Crippen LogP contribution in [0.25, 0.3) is 0 Å². The van der Waals surface area contributed by atoms with Crippen molar-refractivity contribution in [2.24, 2.45) is 5.92 Å². The summed E-state index contributed by atoms with van der Waals surface area (Å²) in [7, 11) is -3.16. The van der Waals surface area contributed by atoms with E-state index in [1.807, 2.05) is 13.8 Å². The molecule has 1 saturated heterocycles. The van der Waals surface area contributed by atoms with E-state index in [1.54, 1.807) is 12.1 Å². The van der Waals surface area contributed by atoms with Crippen molar-refractivity contribution in [3.8, 4) is 0 Å². The second-order valence-electron chi connectivity index (χ2n) is 5.90. The first-order valence-corrected chi connectivity index (χ1v) is 9.04. The Morgan fingerprint density at radius 2 is 1.95 bits per heavy atom. The van der Waals surface area contributed by atoms with E-state index >= 15 is 0 Å². The van der Waals surface area contributed by atoms with E-state index < -0.39 is 10.0 Å². The van der Waals surface area contributed by atoms with Crippen molar-refractivity contribution in [1.29, 1.82) is 0 Å². The van der Waals surface area contributed by atoms with E-state index in [1.165, 1.54) is 10.6 Å². The number of carbonyl (C=O) groups is 1. The molecule has 1 aromatic heterocycles. The first-order chi connectivity index (χ1) is 9.75. The van der Waals surface area contributed by atoms with Crippen molar-refractivity contribution in [1.82, 2.24) is 9.29 Å². The molecule has 2 rings (SSSR count). The largest absolute Gasteiger partial charge is 0.294 e. The first-order valence-electron chi connectivity index (χ1n) is 7.19. The van der Waals surface area contributed by atoms with Crippen molar-refractivity contribution < 1.29 is 13.2 Å². The molecule has 5 nitrogen and oxygen atoms in total. The summed E-state index contributed by atoms with van der Waals surface area (Å²) in [5, 5.41) is 0. The Morgan fingerprint density at radius 1 is 1.33 bits per heavy atom. The summed E-state index contributed by atoms with van der Waals surface area (Å²) in [6, 6.07) is 3.60. The number of pyridine rings is 1. The molecule has 1 aromatic rings. The minimum atomic E-state index is -3.16. The number of aromatic nitrogens is 1. The summed E-state index contributed by atoms with van der Waals surface area (Å²) >= 11 is 0. The fourth-order valence-electron chi connectivity index (χ4n) is 2.87. The third kappa shape index (κ3) is 4.35. The number of nitrogens with zero attached hydrogens (tertiary/aromatic N) is 2. The van der Waals surface area contributed by atoms with Gasteiger partial charge in [0, 0.05) is 36.5 Å². The van der Waals surface area contributed by atoms with Crippen LogP contribution in [0.1, 0.15) is 41.0 Å². The molecule has 2 heterocycles. The molecule has 0 spiro atoms. The molecule has 0 aromatic carbocycles. The molecular weight excluding hydrogens is 288 g/mol. The molecule has 116 valence electrons.